The molecule has 1 fully saturated rings. The second kappa shape index (κ2) is 14.7. The highest BCUT2D eigenvalue weighted by Crippen LogP contribution is 2.34. The number of piperidine rings is 1. The summed E-state index contributed by atoms with van der Waals surface area (Å²) in [6, 6.07) is 22.2. The number of carbonyl (C=O) groups is 4. The van der Waals surface area contributed by atoms with Gasteiger partial charge in [-0.2, -0.15) is 0 Å². The zero-order chi connectivity index (χ0) is 35.5. The SMILES string of the molecule is CN(C)c1ccc(-c2ccc(-c3nc4ccc(OC(=O)CCOCCOc5ccc6c(c5)CN(C5CCC(=O)NC5=O)C6=O)cc4s3)cc2)cn1. The lowest BCUT2D eigenvalue weighted by molar-refractivity contribution is -0.137. The molecule has 1 atom stereocenters. The molecule has 3 aromatic carbocycles. The molecule has 0 aliphatic carbocycles. The summed E-state index contributed by atoms with van der Waals surface area (Å²) in [4.78, 5) is 61.9. The van der Waals surface area contributed by atoms with Crippen LogP contribution in [0.3, 0.4) is 0 Å². The number of thiazole rings is 1. The highest BCUT2D eigenvalue weighted by atomic mass is 32.1. The van der Waals surface area contributed by atoms with Crippen molar-refractivity contribution in [3.05, 3.63) is 90.1 Å². The molecule has 7 rings (SSSR count). The molecule has 12 nitrogen and oxygen atoms in total. The normalized spacial score (nSPS) is 15.5. The number of hydrogen-bond acceptors (Lipinski definition) is 11. The van der Waals surface area contributed by atoms with Gasteiger partial charge in [0.25, 0.3) is 5.91 Å². The summed E-state index contributed by atoms with van der Waals surface area (Å²) in [6.07, 6.45) is 2.46. The van der Waals surface area contributed by atoms with Gasteiger partial charge in [0, 0.05) is 56.0 Å². The van der Waals surface area contributed by atoms with Crippen LogP contribution >= 0.6 is 11.3 Å². The van der Waals surface area contributed by atoms with Crippen LogP contribution in [0, 0.1) is 0 Å². The molecule has 51 heavy (non-hydrogen) atoms. The monoisotopic (exact) mass is 705 g/mol. The van der Waals surface area contributed by atoms with Crippen LogP contribution in [0.2, 0.25) is 0 Å². The van der Waals surface area contributed by atoms with Crippen LogP contribution in [0.15, 0.2) is 79.0 Å². The molecule has 5 aromatic rings. The van der Waals surface area contributed by atoms with E-state index in [2.05, 4.69) is 28.5 Å². The average Bonchev–Trinajstić information content (AvgIpc) is 3.70. The van der Waals surface area contributed by atoms with E-state index < -0.39 is 17.9 Å². The number of nitrogens with one attached hydrogen (secondary N) is 1. The van der Waals surface area contributed by atoms with Crippen LogP contribution < -0.4 is 19.7 Å². The first-order chi connectivity index (χ1) is 24.7. The van der Waals surface area contributed by atoms with Gasteiger partial charge in [-0.1, -0.05) is 24.3 Å². The van der Waals surface area contributed by atoms with Crippen molar-refractivity contribution >= 4 is 51.1 Å². The van der Waals surface area contributed by atoms with Gasteiger partial charge in [0.1, 0.15) is 35.0 Å². The van der Waals surface area contributed by atoms with Gasteiger partial charge < -0.3 is 24.0 Å². The van der Waals surface area contributed by atoms with E-state index in [-0.39, 0.29) is 51.0 Å². The second-order valence-corrected chi connectivity index (χ2v) is 13.5. The van der Waals surface area contributed by atoms with Gasteiger partial charge in [-0.25, -0.2) is 9.97 Å². The fourth-order valence-corrected chi connectivity index (χ4v) is 7.02. The van der Waals surface area contributed by atoms with Crippen molar-refractivity contribution in [2.75, 3.05) is 38.8 Å². The van der Waals surface area contributed by atoms with Crippen LogP contribution in [-0.2, 0) is 25.7 Å². The number of amides is 3. The molecule has 1 saturated heterocycles. The van der Waals surface area contributed by atoms with Crippen molar-refractivity contribution in [2.24, 2.45) is 0 Å². The Morgan fingerprint density at radius 2 is 1.71 bits per heavy atom. The Labute approximate surface area is 298 Å². The van der Waals surface area contributed by atoms with Gasteiger partial charge in [0.15, 0.2) is 0 Å². The van der Waals surface area contributed by atoms with Crippen LogP contribution in [0.5, 0.6) is 11.5 Å². The van der Waals surface area contributed by atoms with Crippen molar-refractivity contribution in [3.63, 3.8) is 0 Å². The summed E-state index contributed by atoms with van der Waals surface area (Å²) in [6.45, 7) is 0.933. The third kappa shape index (κ3) is 7.59. The van der Waals surface area contributed by atoms with E-state index in [0.717, 1.165) is 43.3 Å². The summed E-state index contributed by atoms with van der Waals surface area (Å²) in [5.41, 5.74) is 5.21. The summed E-state index contributed by atoms with van der Waals surface area (Å²) >= 11 is 1.53. The number of anilines is 1. The molecule has 0 saturated carbocycles. The van der Waals surface area contributed by atoms with E-state index in [0.29, 0.717) is 23.5 Å². The Hall–Kier alpha value is -5.66. The summed E-state index contributed by atoms with van der Waals surface area (Å²) in [5.74, 6) is 0.506. The van der Waals surface area contributed by atoms with Crippen molar-refractivity contribution in [1.82, 2.24) is 20.2 Å². The molecule has 13 heteroatoms. The topological polar surface area (TPSA) is 140 Å². The van der Waals surface area contributed by atoms with Crippen molar-refractivity contribution in [2.45, 2.75) is 31.8 Å². The Bertz CT molecular complexity index is 2110. The number of nitrogens with zero attached hydrogens (tertiary/aromatic N) is 4. The smallest absolute Gasteiger partial charge is 0.313 e. The molecule has 3 amide bonds. The van der Waals surface area contributed by atoms with Crippen molar-refractivity contribution in [3.8, 4) is 33.2 Å². The number of hydrogen-bond donors (Lipinski definition) is 1. The molecule has 2 aliphatic heterocycles. The van der Waals surface area contributed by atoms with Crippen LogP contribution in [0.4, 0.5) is 5.82 Å². The lowest BCUT2D eigenvalue weighted by Gasteiger charge is -2.29. The van der Waals surface area contributed by atoms with Crippen LogP contribution in [-0.4, -0.2) is 78.5 Å². The van der Waals surface area contributed by atoms with Gasteiger partial charge in [-0.15, -0.1) is 11.3 Å². The maximum Gasteiger partial charge on any atom is 0.313 e. The first-order valence-corrected chi connectivity index (χ1v) is 17.4. The fraction of sp³-hybridized carbons (Fsp3) is 0.263. The van der Waals surface area contributed by atoms with Gasteiger partial charge in [-0.3, -0.25) is 24.5 Å². The van der Waals surface area contributed by atoms with Crippen molar-refractivity contribution < 1.29 is 33.4 Å². The molecule has 2 aliphatic rings. The van der Waals surface area contributed by atoms with Gasteiger partial charge in [-0.05, 0) is 60.0 Å². The number of fused-ring (bicyclic) bond motifs is 2. The molecule has 4 heterocycles. The largest absolute Gasteiger partial charge is 0.491 e. The lowest BCUT2D eigenvalue weighted by Crippen LogP contribution is -2.52. The minimum absolute atomic E-state index is 0.0723. The average molecular weight is 706 g/mol. The molecule has 2 aromatic heterocycles. The first kappa shape index (κ1) is 33.8. The minimum Gasteiger partial charge on any atom is -0.491 e. The highest BCUT2D eigenvalue weighted by molar-refractivity contribution is 7.21. The quantitative estimate of drug-likeness (QED) is 0.0793. The molecular formula is C38H35N5O7S. The number of carbonyl (C=O) groups excluding carboxylic acids is 4. The number of rotatable bonds is 12. The van der Waals surface area contributed by atoms with Crippen molar-refractivity contribution in [1.29, 1.82) is 0 Å². The highest BCUT2D eigenvalue weighted by Gasteiger charge is 2.39. The van der Waals surface area contributed by atoms with Crippen LogP contribution in [0.25, 0.3) is 31.9 Å². The van der Waals surface area contributed by atoms with E-state index in [1.165, 1.54) is 16.2 Å². The molecule has 0 spiro atoms. The summed E-state index contributed by atoms with van der Waals surface area (Å²) < 4.78 is 17.9. The molecular weight excluding hydrogens is 671 g/mol. The lowest BCUT2D eigenvalue weighted by atomic mass is 10.0. The number of aromatic nitrogens is 2. The van der Waals surface area contributed by atoms with E-state index in [9.17, 15) is 19.2 Å². The third-order valence-corrected chi connectivity index (χ3v) is 9.77. The zero-order valence-electron chi connectivity index (χ0n) is 28.1. The molecule has 0 radical (unpaired) electrons. The van der Waals surface area contributed by atoms with Gasteiger partial charge in [0.05, 0.1) is 29.9 Å². The van der Waals surface area contributed by atoms with Gasteiger partial charge in [0.2, 0.25) is 11.8 Å². The van der Waals surface area contributed by atoms with E-state index >= 15 is 0 Å². The molecule has 260 valence electrons. The number of ether oxygens (including phenoxy) is 3. The van der Waals surface area contributed by atoms with E-state index in [4.69, 9.17) is 19.2 Å². The number of imide groups is 1. The summed E-state index contributed by atoms with van der Waals surface area (Å²) in [7, 11) is 3.93. The Kier molecular flexibility index (Phi) is 9.73. The molecule has 0 bridgehead atoms. The van der Waals surface area contributed by atoms with E-state index in [1.54, 1.807) is 24.3 Å². The first-order valence-electron chi connectivity index (χ1n) is 16.6. The molecule has 1 N–H and O–H groups in total. The van der Waals surface area contributed by atoms with E-state index in [1.807, 2.05) is 55.5 Å². The number of esters is 1. The Morgan fingerprint density at radius 3 is 2.47 bits per heavy atom. The predicted molar refractivity (Wildman–Crippen MR) is 192 cm³/mol. The predicted octanol–water partition coefficient (Wildman–Crippen LogP) is 5.24. The second-order valence-electron chi connectivity index (χ2n) is 12.4. The van der Waals surface area contributed by atoms with Crippen LogP contribution in [0.1, 0.15) is 35.2 Å². The molecule has 1 unspecified atom stereocenters. The number of pyridine rings is 1. The maximum absolute atomic E-state index is 12.9. The minimum atomic E-state index is -0.666. The zero-order valence-corrected chi connectivity index (χ0v) is 28.9. The summed E-state index contributed by atoms with van der Waals surface area (Å²) in [5, 5.41) is 3.18. The third-order valence-electron chi connectivity index (χ3n) is 8.70. The Morgan fingerprint density at radius 1 is 0.922 bits per heavy atom. The number of benzene rings is 3. The maximum atomic E-state index is 12.9. The van der Waals surface area contributed by atoms with Gasteiger partial charge >= 0.3 is 5.97 Å². The standard InChI is InChI=1S/C38H35N5O7S/c1-42(2)33-13-7-25(21-39-33)23-3-5-24(6-4-23)37-40-30-11-9-28(20-32(30)51-37)50-35(45)15-16-48-17-18-49-27-8-10-29-26(19-27)22-43(38(29)47)31-12-14-34(44)41-36(31)46/h3-11,13,19-21,31H,12,14-18,22H2,1-2H3,(H,41,44,46). The Balaban J connectivity index is 0.849. The fourth-order valence-electron chi connectivity index (χ4n) is 6.02.